The summed E-state index contributed by atoms with van der Waals surface area (Å²) in [4.78, 5) is 15.1. The van der Waals surface area contributed by atoms with Crippen LogP contribution in [-0.2, 0) is 0 Å². The van der Waals surface area contributed by atoms with Gasteiger partial charge in [-0.05, 0) is 31.6 Å². The predicted molar refractivity (Wildman–Crippen MR) is 69.9 cm³/mol. The van der Waals surface area contributed by atoms with Crippen molar-refractivity contribution < 1.29 is 9.90 Å². The van der Waals surface area contributed by atoms with E-state index in [1.807, 2.05) is 18.7 Å². The van der Waals surface area contributed by atoms with Crippen molar-refractivity contribution in [3.05, 3.63) is 23.5 Å². The molecule has 1 aromatic rings. The summed E-state index contributed by atoms with van der Waals surface area (Å²) in [5.74, 6) is 0.284. The van der Waals surface area contributed by atoms with Gasteiger partial charge in [-0.15, -0.1) is 0 Å². The van der Waals surface area contributed by atoms with E-state index in [-0.39, 0.29) is 5.56 Å². The second-order valence-electron chi connectivity index (χ2n) is 4.19. The van der Waals surface area contributed by atoms with Crippen LogP contribution >= 0.6 is 11.8 Å². The molecular formula is C12H16N2O2S. The van der Waals surface area contributed by atoms with Gasteiger partial charge < -0.3 is 10.4 Å². The van der Waals surface area contributed by atoms with Gasteiger partial charge in [0.25, 0.3) is 0 Å². The average molecular weight is 252 g/mol. The van der Waals surface area contributed by atoms with Crippen LogP contribution in [0.4, 0.5) is 5.69 Å². The number of nitrogens with one attached hydrogen (secondary N) is 1. The van der Waals surface area contributed by atoms with E-state index in [9.17, 15) is 4.79 Å². The number of thioether (sulfide) groups is 1. The van der Waals surface area contributed by atoms with Crippen molar-refractivity contribution in [3.8, 4) is 0 Å². The Morgan fingerprint density at radius 3 is 3.18 bits per heavy atom. The fraction of sp³-hybridized carbons (Fsp3) is 0.500. The molecule has 0 amide bonds. The van der Waals surface area contributed by atoms with Crippen LogP contribution in [0.3, 0.4) is 0 Å². The summed E-state index contributed by atoms with van der Waals surface area (Å²) in [5.41, 5.74) is 1.76. The van der Waals surface area contributed by atoms with Crippen molar-refractivity contribution >= 4 is 23.4 Å². The van der Waals surface area contributed by atoms with E-state index in [1.54, 1.807) is 6.07 Å². The van der Waals surface area contributed by atoms with Crippen LogP contribution in [0.15, 0.2) is 12.3 Å². The van der Waals surface area contributed by atoms with Gasteiger partial charge in [0.2, 0.25) is 0 Å². The highest BCUT2D eigenvalue weighted by Gasteiger charge is 2.17. The smallest absolute Gasteiger partial charge is 0.339 e. The van der Waals surface area contributed by atoms with Crippen LogP contribution in [0.2, 0.25) is 0 Å². The number of pyridine rings is 1. The molecule has 1 fully saturated rings. The molecule has 1 aromatic heterocycles. The number of aryl methyl sites for hydroxylation is 1. The number of rotatable bonds is 4. The summed E-state index contributed by atoms with van der Waals surface area (Å²) in [6, 6.07) is 1.79. The maximum atomic E-state index is 11.0. The highest BCUT2D eigenvalue weighted by atomic mass is 32.2. The summed E-state index contributed by atoms with van der Waals surface area (Å²) in [6.45, 7) is 2.69. The predicted octanol–water partition coefficient (Wildman–Crippen LogP) is 2.40. The van der Waals surface area contributed by atoms with Crippen LogP contribution in [-0.4, -0.2) is 33.6 Å². The lowest BCUT2D eigenvalue weighted by molar-refractivity contribution is 0.0697. The Morgan fingerprint density at radius 2 is 2.53 bits per heavy atom. The number of aromatic carboxylic acids is 1. The fourth-order valence-electron chi connectivity index (χ4n) is 1.91. The molecule has 17 heavy (non-hydrogen) atoms. The third-order valence-electron chi connectivity index (χ3n) is 2.82. The highest BCUT2D eigenvalue weighted by molar-refractivity contribution is 8.00. The molecule has 1 saturated heterocycles. The number of carboxylic acid groups (broad SMARTS) is 1. The molecular weight excluding hydrogens is 236 g/mol. The number of nitrogens with zero attached hydrogens (tertiary/aromatic N) is 1. The summed E-state index contributed by atoms with van der Waals surface area (Å²) in [7, 11) is 0. The maximum absolute atomic E-state index is 11.0. The standard InChI is InChI=1S/C12H16N2O2S/c1-8-5-11(10(7-13-8)12(15)16)14-6-9-3-2-4-17-9/h5,7,9H,2-4,6H2,1H3,(H,13,14)(H,15,16). The van der Waals surface area contributed by atoms with Gasteiger partial charge in [0.05, 0.1) is 5.69 Å². The van der Waals surface area contributed by atoms with E-state index < -0.39 is 5.97 Å². The first kappa shape index (κ1) is 12.2. The van der Waals surface area contributed by atoms with Gasteiger partial charge in [-0.3, -0.25) is 4.98 Å². The number of carboxylic acids is 1. The van der Waals surface area contributed by atoms with Gasteiger partial charge >= 0.3 is 5.97 Å². The van der Waals surface area contributed by atoms with Crippen LogP contribution < -0.4 is 5.32 Å². The first-order chi connectivity index (χ1) is 8.16. The molecule has 0 spiro atoms. The Balaban J connectivity index is 2.07. The van der Waals surface area contributed by atoms with Gasteiger partial charge in [0.1, 0.15) is 5.56 Å². The SMILES string of the molecule is Cc1cc(NCC2CCCS2)c(C(=O)O)cn1. The van der Waals surface area contributed by atoms with Crippen molar-refractivity contribution in [2.45, 2.75) is 25.0 Å². The zero-order valence-electron chi connectivity index (χ0n) is 9.77. The molecule has 0 saturated carbocycles. The van der Waals surface area contributed by atoms with E-state index in [2.05, 4.69) is 10.3 Å². The highest BCUT2D eigenvalue weighted by Crippen LogP contribution is 2.26. The fourth-order valence-corrected chi connectivity index (χ4v) is 3.11. The minimum atomic E-state index is -0.931. The summed E-state index contributed by atoms with van der Waals surface area (Å²) in [5, 5.41) is 12.9. The quantitative estimate of drug-likeness (QED) is 0.861. The molecule has 2 heterocycles. The van der Waals surface area contributed by atoms with Crippen molar-refractivity contribution in [1.29, 1.82) is 0 Å². The molecule has 0 radical (unpaired) electrons. The lowest BCUT2D eigenvalue weighted by Gasteiger charge is -2.13. The largest absolute Gasteiger partial charge is 0.478 e. The van der Waals surface area contributed by atoms with Gasteiger partial charge in [-0.1, -0.05) is 0 Å². The molecule has 1 unspecified atom stereocenters. The lowest BCUT2D eigenvalue weighted by Crippen LogP contribution is -2.16. The third-order valence-corrected chi connectivity index (χ3v) is 4.21. The van der Waals surface area contributed by atoms with Gasteiger partial charge in [-0.2, -0.15) is 11.8 Å². The lowest BCUT2D eigenvalue weighted by atomic mass is 10.2. The molecule has 5 heteroatoms. The summed E-state index contributed by atoms with van der Waals surface area (Å²) in [6.07, 6.45) is 3.89. The first-order valence-corrected chi connectivity index (χ1v) is 6.77. The maximum Gasteiger partial charge on any atom is 0.339 e. The third kappa shape index (κ3) is 3.12. The summed E-state index contributed by atoms with van der Waals surface area (Å²) < 4.78 is 0. The molecule has 2 rings (SSSR count). The Kier molecular flexibility index (Phi) is 3.89. The van der Waals surface area contributed by atoms with Gasteiger partial charge in [0, 0.05) is 23.7 Å². The van der Waals surface area contributed by atoms with Crippen LogP contribution in [0.5, 0.6) is 0 Å². The molecule has 0 aromatic carbocycles. The van der Waals surface area contributed by atoms with E-state index >= 15 is 0 Å². The van der Waals surface area contributed by atoms with Crippen LogP contribution in [0.25, 0.3) is 0 Å². The Labute approximate surface area is 105 Å². The minimum absolute atomic E-state index is 0.249. The monoisotopic (exact) mass is 252 g/mol. The molecule has 1 aliphatic heterocycles. The number of hydrogen-bond donors (Lipinski definition) is 2. The van der Waals surface area contributed by atoms with E-state index in [0.29, 0.717) is 10.9 Å². The zero-order chi connectivity index (χ0) is 12.3. The first-order valence-electron chi connectivity index (χ1n) is 5.72. The normalized spacial score (nSPS) is 19.2. The molecule has 0 aliphatic carbocycles. The van der Waals surface area contributed by atoms with E-state index in [0.717, 1.165) is 12.2 Å². The number of aromatic nitrogens is 1. The van der Waals surface area contributed by atoms with Crippen molar-refractivity contribution in [1.82, 2.24) is 4.98 Å². The molecule has 1 aliphatic rings. The number of carbonyl (C=O) groups is 1. The molecule has 0 bridgehead atoms. The Morgan fingerprint density at radius 1 is 1.71 bits per heavy atom. The van der Waals surface area contributed by atoms with Gasteiger partial charge in [0.15, 0.2) is 0 Å². The Hall–Kier alpha value is -1.23. The molecule has 4 nitrogen and oxygen atoms in total. The Bertz CT molecular complexity index is 417. The average Bonchev–Trinajstić information content (AvgIpc) is 2.78. The zero-order valence-corrected chi connectivity index (χ0v) is 10.6. The molecule has 1 atom stereocenters. The second kappa shape index (κ2) is 5.40. The second-order valence-corrected chi connectivity index (χ2v) is 5.60. The molecule has 92 valence electrons. The van der Waals surface area contributed by atoms with Crippen molar-refractivity contribution in [3.63, 3.8) is 0 Å². The van der Waals surface area contributed by atoms with Crippen LogP contribution in [0, 0.1) is 6.92 Å². The van der Waals surface area contributed by atoms with E-state index in [1.165, 1.54) is 24.8 Å². The number of anilines is 1. The van der Waals surface area contributed by atoms with Gasteiger partial charge in [-0.25, -0.2) is 4.79 Å². The molecule has 2 N–H and O–H groups in total. The van der Waals surface area contributed by atoms with E-state index in [4.69, 9.17) is 5.11 Å². The minimum Gasteiger partial charge on any atom is -0.478 e. The topological polar surface area (TPSA) is 62.2 Å². The number of hydrogen-bond acceptors (Lipinski definition) is 4. The van der Waals surface area contributed by atoms with Crippen molar-refractivity contribution in [2.24, 2.45) is 0 Å². The van der Waals surface area contributed by atoms with Crippen molar-refractivity contribution in [2.75, 3.05) is 17.6 Å². The van der Waals surface area contributed by atoms with Crippen LogP contribution in [0.1, 0.15) is 28.9 Å². The summed E-state index contributed by atoms with van der Waals surface area (Å²) >= 11 is 1.95.